The largest absolute Gasteiger partial charge is 0.495 e. The van der Waals surface area contributed by atoms with Crippen LogP contribution in [0.1, 0.15) is 10.4 Å². The van der Waals surface area contributed by atoms with Crippen molar-refractivity contribution in [3.8, 4) is 5.75 Å². The van der Waals surface area contributed by atoms with Crippen LogP contribution in [0.2, 0.25) is 0 Å². The van der Waals surface area contributed by atoms with Crippen LogP contribution in [-0.2, 0) is 0 Å². The molecule has 5 nitrogen and oxygen atoms in total. The minimum atomic E-state index is -0.273. The summed E-state index contributed by atoms with van der Waals surface area (Å²) in [7, 11) is 1.54. The maximum Gasteiger partial charge on any atom is 0.255 e. The van der Waals surface area contributed by atoms with Crippen molar-refractivity contribution in [3.05, 3.63) is 46.6 Å². The highest BCUT2D eigenvalue weighted by Gasteiger charge is 2.10. The van der Waals surface area contributed by atoms with E-state index in [-0.39, 0.29) is 5.91 Å². The summed E-state index contributed by atoms with van der Waals surface area (Å²) < 4.78 is 6.03. The maximum absolute atomic E-state index is 12.1. The minimum absolute atomic E-state index is 0.273. The number of hydrogen-bond acceptors (Lipinski definition) is 4. The van der Waals surface area contributed by atoms with Crippen LogP contribution in [0.3, 0.4) is 0 Å². The zero-order valence-corrected chi connectivity index (χ0v) is 11.8. The number of anilines is 2. The Kier molecular flexibility index (Phi) is 4.01. The number of aromatic nitrogens is 1. The van der Waals surface area contributed by atoms with E-state index in [1.54, 1.807) is 25.3 Å². The van der Waals surface area contributed by atoms with Gasteiger partial charge in [-0.1, -0.05) is 15.9 Å². The van der Waals surface area contributed by atoms with Gasteiger partial charge in [-0.05, 0) is 30.3 Å². The molecule has 19 heavy (non-hydrogen) atoms. The summed E-state index contributed by atoms with van der Waals surface area (Å²) in [6.45, 7) is 0. The molecule has 0 radical (unpaired) electrons. The Morgan fingerprint density at radius 3 is 2.84 bits per heavy atom. The molecule has 0 fully saturated rings. The minimum Gasteiger partial charge on any atom is -0.495 e. The fourth-order valence-electron chi connectivity index (χ4n) is 1.56. The Labute approximate surface area is 118 Å². The highest BCUT2D eigenvalue weighted by Crippen LogP contribution is 2.28. The molecule has 2 aromatic rings. The lowest BCUT2D eigenvalue weighted by Gasteiger charge is -2.10. The third-order valence-corrected chi connectivity index (χ3v) is 2.95. The van der Waals surface area contributed by atoms with E-state index < -0.39 is 0 Å². The van der Waals surface area contributed by atoms with Crippen LogP contribution in [0, 0.1) is 0 Å². The molecule has 0 aliphatic heterocycles. The van der Waals surface area contributed by atoms with E-state index in [4.69, 9.17) is 10.5 Å². The van der Waals surface area contributed by atoms with Crippen molar-refractivity contribution in [2.45, 2.75) is 0 Å². The second kappa shape index (κ2) is 5.71. The standard InChI is InChI=1S/C13H12BrN3O2/c1-19-11-3-2-9(14)7-10(11)17-13(18)8-4-5-16-12(15)6-8/h2-7H,1H3,(H2,15,16)(H,17,18). The van der Waals surface area contributed by atoms with E-state index in [9.17, 15) is 4.79 Å². The highest BCUT2D eigenvalue weighted by molar-refractivity contribution is 9.10. The first kappa shape index (κ1) is 13.4. The van der Waals surface area contributed by atoms with Crippen molar-refractivity contribution in [2.24, 2.45) is 0 Å². The normalized spacial score (nSPS) is 10.0. The van der Waals surface area contributed by atoms with E-state index in [1.165, 1.54) is 12.3 Å². The summed E-state index contributed by atoms with van der Waals surface area (Å²) >= 11 is 3.35. The van der Waals surface area contributed by atoms with Gasteiger partial charge in [0.1, 0.15) is 11.6 Å². The van der Waals surface area contributed by atoms with Crippen molar-refractivity contribution < 1.29 is 9.53 Å². The number of benzene rings is 1. The monoisotopic (exact) mass is 321 g/mol. The van der Waals surface area contributed by atoms with Gasteiger partial charge in [-0.2, -0.15) is 0 Å². The highest BCUT2D eigenvalue weighted by atomic mass is 79.9. The number of carbonyl (C=O) groups excluding carboxylic acids is 1. The Hall–Kier alpha value is -2.08. The molecule has 0 spiro atoms. The predicted octanol–water partition coefficient (Wildman–Crippen LogP) is 2.69. The number of carbonyl (C=O) groups is 1. The lowest BCUT2D eigenvalue weighted by Crippen LogP contribution is -2.13. The first-order valence-corrected chi connectivity index (χ1v) is 6.26. The number of amides is 1. The molecule has 98 valence electrons. The van der Waals surface area contributed by atoms with Crippen molar-refractivity contribution in [1.29, 1.82) is 0 Å². The van der Waals surface area contributed by atoms with Gasteiger partial charge in [0, 0.05) is 16.2 Å². The van der Waals surface area contributed by atoms with Crippen LogP contribution >= 0.6 is 15.9 Å². The smallest absolute Gasteiger partial charge is 0.255 e. The van der Waals surface area contributed by atoms with Gasteiger partial charge in [0.05, 0.1) is 12.8 Å². The molecule has 0 aliphatic rings. The number of nitrogen functional groups attached to an aromatic ring is 1. The van der Waals surface area contributed by atoms with Gasteiger partial charge >= 0.3 is 0 Å². The van der Waals surface area contributed by atoms with Gasteiger partial charge in [-0.3, -0.25) is 4.79 Å². The SMILES string of the molecule is COc1ccc(Br)cc1NC(=O)c1ccnc(N)c1. The van der Waals surface area contributed by atoms with E-state index in [0.29, 0.717) is 22.8 Å². The fourth-order valence-corrected chi connectivity index (χ4v) is 1.92. The molecule has 0 bridgehead atoms. The first-order valence-electron chi connectivity index (χ1n) is 5.46. The number of nitrogens with two attached hydrogens (primary N) is 1. The van der Waals surface area contributed by atoms with Crippen molar-refractivity contribution in [2.75, 3.05) is 18.2 Å². The quantitative estimate of drug-likeness (QED) is 0.911. The van der Waals surface area contributed by atoms with Crippen molar-refractivity contribution in [3.63, 3.8) is 0 Å². The summed E-state index contributed by atoms with van der Waals surface area (Å²) in [6.07, 6.45) is 1.49. The molecule has 0 aliphatic carbocycles. The zero-order chi connectivity index (χ0) is 13.8. The number of pyridine rings is 1. The number of rotatable bonds is 3. The predicted molar refractivity (Wildman–Crippen MR) is 77.3 cm³/mol. The molecule has 1 aromatic carbocycles. The van der Waals surface area contributed by atoms with Gasteiger partial charge in [0.25, 0.3) is 5.91 Å². The molecule has 1 amide bonds. The average Bonchev–Trinajstić information content (AvgIpc) is 2.39. The van der Waals surface area contributed by atoms with Gasteiger partial charge in [0.2, 0.25) is 0 Å². The average molecular weight is 322 g/mol. The molecule has 0 atom stereocenters. The van der Waals surface area contributed by atoms with Crippen LogP contribution in [0.4, 0.5) is 11.5 Å². The van der Waals surface area contributed by atoms with Gasteiger partial charge < -0.3 is 15.8 Å². The van der Waals surface area contributed by atoms with Crippen LogP contribution in [-0.4, -0.2) is 18.0 Å². The first-order chi connectivity index (χ1) is 9.10. The Bertz CT molecular complexity index is 617. The number of nitrogens with one attached hydrogen (secondary N) is 1. The molecular weight excluding hydrogens is 310 g/mol. The Morgan fingerprint density at radius 1 is 1.37 bits per heavy atom. The van der Waals surface area contributed by atoms with E-state index >= 15 is 0 Å². The number of methoxy groups -OCH3 is 1. The molecule has 0 unspecified atom stereocenters. The van der Waals surface area contributed by atoms with Crippen molar-refractivity contribution >= 4 is 33.3 Å². The molecule has 1 aromatic heterocycles. The Balaban J connectivity index is 2.26. The number of nitrogens with zero attached hydrogens (tertiary/aromatic N) is 1. The van der Waals surface area contributed by atoms with Gasteiger partial charge in [-0.25, -0.2) is 4.98 Å². The molecular formula is C13H12BrN3O2. The van der Waals surface area contributed by atoms with Crippen LogP contribution in [0.15, 0.2) is 41.0 Å². The van der Waals surface area contributed by atoms with E-state index in [2.05, 4.69) is 26.2 Å². The second-order valence-corrected chi connectivity index (χ2v) is 4.68. The molecule has 3 N–H and O–H groups in total. The van der Waals surface area contributed by atoms with Crippen LogP contribution in [0.25, 0.3) is 0 Å². The second-order valence-electron chi connectivity index (χ2n) is 3.77. The third kappa shape index (κ3) is 3.23. The maximum atomic E-state index is 12.1. The van der Waals surface area contributed by atoms with E-state index in [0.717, 1.165) is 4.47 Å². The molecule has 6 heteroatoms. The van der Waals surface area contributed by atoms with Gasteiger partial charge in [0.15, 0.2) is 0 Å². The topological polar surface area (TPSA) is 77.2 Å². The Morgan fingerprint density at radius 2 is 2.16 bits per heavy atom. The van der Waals surface area contributed by atoms with Crippen molar-refractivity contribution in [1.82, 2.24) is 4.98 Å². The summed E-state index contributed by atoms with van der Waals surface area (Å²) in [5.74, 6) is 0.609. The number of halogens is 1. The van der Waals surface area contributed by atoms with Gasteiger partial charge in [-0.15, -0.1) is 0 Å². The number of ether oxygens (including phenoxy) is 1. The molecule has 0 saturated heterocycles. The van der Waals surface area contributed by atoms with E-state index in [1.807, 2.05) is 6.07 Å². The lowest BCUT2D eigenvalue weighted by molar-refractivity contribution is 0.102. The summed E-state index contributed by atoms with van der Waals surface area (Å²) in [5, 5.41) is 2.77. The zero-order valence-electron chi connectivity index (χ0n) is 10.2. The fraction of sp³-hybridized carbons (Fsp3) is 0.0769. The summed E-state index contributed by atoms with van der Waals surface area (Å²) in [4.78, 5) is 15.9. The third-order valence-electron chi connectivity index (χ3n) is 2.45. The molecule has 2 rings (SSSR count). The van der Waals surface area contributed by atoms with Crippen LogP contribution in [0.5, 0.6) is 5.75 Å². The number of hydrogen-bond donors (Lipinski definition) is 2. The summed E-state index contributed by atoms with van der Waals surface area (Å²) in [5.41, 5.74) is 6.57. The van der Waals surface area contributed by atoms with Crippen LogP contribution < -0.4 is 15.8 Å². The molecule has 0 saturated carbocycles. The lowest BCUT2D eigenvalue weighted by atomic mass is 10.2. The molecule has 1 heterocycles. The summed E-state index contributed by atoms with van der Waals surface area (Å²) in [6, 6.07) is 8.47.